The summed E-state index contributed by atoms with van der Waals surface area (Å²) in [5.74, 6) is 2.28. The molecule has 0 unspecified atom stereocenters. The highest BCUT2D eigenvalue weighted by Crippen LogP contribution is 2.42. The summed E-state index contributed by atoms with van der Waals surface area (Å²) in [5.41, 5.74) is 3.66. The molecule has 162 valence electrons. The summed E-state index contributed by atoms with van der Waals surface area (Å²) in [6, 6.07) is 21.7. The van der Waals surface area contributed by atoms with Crippen molar-refractivity contribution in [1.29, 1.82) is 0 Å². The van der Waals surface area contributed by atoms with E-state index in [1.54, 1.807) is 19.3 Å². The van der Waals surface area contributed by atoms with Crippen molar-refractivity contribution in [2.75, 3.05) is 20.4 Å². The maximum Gasteiger partial charge on any atom is 0.231 e. The molecule has 3 aromatic rings. The average molecular weight is 428 g/mol. The number of ketones is 1. The minimum atomic E-state index is -0.116. The Morgan fingerprint density at radius 3 is 2.69 bits per heavy atom. The van der Waals surface area contributed by atoms with Crippen molar-refractivity contribution in [2.45, 2.75) is 19.4 Å². The number of methoxy groups -OCH3 is 1. The Morgan fingerprint density at radius 2 is 1.84 bits per heavy atom. The van der Waals surface area contributed by atoms with Gasteiger partial charge in [0, 0.05) is 18.7 Å². The van der Waals surface area contributed by atoms with Crippen LogP contribution >= 0.6 is 0 Å². The number of allylic oxidation sites excluding steroid dienone is 1. The molecule has 5 rings (SSSR count). The molecule has 0 amide bonds. The van der Waals surface area contributed by atoms with E-state index >= 15 is 0 Å². The van der Waals surface area contributed by atoms with Gasteiger partial charge >= 0.3 is 0 Å². The third kappa shape index (κ3) is 3.99. The molecule has 0 aromatic heterocycles. The Hall–Kier alpha value is -3.57. The second-order valence-electron chi connectivity index (χ2n) is 8.02. The number of hydrogen-bond donors (Lipinski definition) is 0. The van der Waals surface area contributed by atoms with E-state index in [0.717, 1.165) is 36.3 Å². The molecule has 0 spiro atoms. The number of nitrogens with zero attached hydrogens (tertiary/aromatic N) is 1. The molecule has 5 nitrogen and oxygen atoms in total. The van der Waals surface area contributed by atoms with Gasteiger partial charge in [0.25, 0.3) is 0 Å². The minimum absolute atomic E-state index is 0.116. The Morgan fingerprint density at radius 1 is 1.03 bits per heavy atom. The second-order valence-corrected chi connectivity index (χ2v) is 8.02. The number of benzene rings is 3. The van der Waals surface area contributed by atoms with Crippen LogP contribution in [0.3, 0.4) is 0 Å². The van der Waals surface area contributed by atoms with Crippen molar-refractivity contribution >= 4 is 11.9 Å². The number of carbonyl (C=O) groups excluding carboxylic acids is 1. The number of carbonyl (C=O) groups is 1. The van der Waals surface area contributed by atoms with Gasteiger partial charge in [0.15, 0.2) is 5.76 Å². The van der Waals surface area contributed by atoms with Gasteiger partial charge in [-0.3, -0.25) is 9.69 Å². The Labute approximate surface area is 187 Å². The van der Waals surface area contributed by atoms with Gasteiger partial charge in [-0.25, -0.2) is 0 Å². The van der Waals surface area contributed by atoms with Crippen LogP contribution in [0.15, 0.2) is 72.5 Å². The number of hydrogen-bond acceptors (Lipinski definition) is 5. The quantitative estimate of drug-likeness (QED) is 0.513. The average Bonchev–Trinajstić information content (AvgIpc) is 3.16. The second kappa shape index (κ2) is 8.89. The molecule has 0 bridgehead atoms. The monoisotopic (exact) mass is 427 g/mol. The summed E-state index contributed by atoms with van der Waals surface area (Å²) in [6.45, 7) is 2.15. The molecule has 2 aliphatic rings. The molecule has 0 N–H and O–H groups in total. The van der Waals surface area contributed by atoms with Crippen molar-refractivity contribution in [3.8, 4) is 17.2 Å². The van der Waals surface area contributed by atoms with E-state index in [9.17, 15) is 4.79 Å². The molecular formula is C27H25NO4. The largest absolute Gasteiger partial charge is 0.496 e. The summed E-state index contributed by atoms with van der Waals surface area (Å²) in [6.07, 6.45) is 3.81. The summed E-state index contributed by atoms with van der Waals surface area (Å²) >= 11 is 0. The summed E-state index contributed by atoms with van der Waals surface area (Å²) in [4.78, 5) is 15.3. The van der Waals surface area contributed by atoms with Crippen LogP contribution in [-0.4, -0.2) is 31.1 Å². The lowest BCUT2D eigenvalue weighted by Gasteiger charge is -2.29. The fourth-order valence-electron chi connectivity index (χ4n) is 4.23. The summed E-state index contributed by atoms with van der Waals surface area (Å²) in [5, 5.41) is 0. The van der Waals surface area contributed by atoms with Gasteiger partial charge in [0.1, 0.15) is 24.0 Å². The molecule has 0 radical (unpaired) electrons. The molecule has 5 heteroatoms. The molecule has 0 aliphatic carbocycles. The lowest BCUT2D eigenvalue weighted by molar-refractivity contribution is 0.0928. The number of rotatable bonds is 6. The fraction of sp³-hybridized carbons (Fsp3) is 0.222. The van der Waals surface area contributed by atoms with Gasteiger partial charge in [-0.1, -0.05) is 48.5 Å². The van der Waals surface area contributed by atoms with E-state index in [1.807, 2.05) is 36.4 Å². The third-order valence-corrected chi connectivity index (χ3v) is 5.89. The van der Waals surface area contributed by atoms with Crippen LogP contribution < -0.4 is 14.2 Å². The maximum absolute atomic E-state index is 13.0. The minimum Gasteiger partial charge on any atom is -0.496 e. The normalized spacial score (nSPS) is 16.3. The Balaban J connectivity index is 1.33. The third-order valence-electron chi connectivity index (χ3n) is 5.89. The first-order valence-corrected chi connectivity index (χ1v) is 10.8. The highest BCUT2D eigenvalue weighted by atomic mass is 16.5. The standard InChI is InChI=1S/C27H25NO4/c1-30-23-12-6-5-11-20(23)16-25-26(29)21-13-14-24-22(27(21)32-25)17-28(18-31-24)15-7-10-19-8-3-2-4-9-19/h2-6,8-9,11-14,16H,7,10,15,17-18H2,1H3/b25-16-. The van der Waals surface area contributed by atoms with Crippen LogP contribution in [0.2, 0.25) is 0 Å². The van der Waals surface area contributed by atoms with Crippen LogP contribution in [0.5, 0.6) is 17.2 Å². The van der Waals surface area contributed by atoms with E-state index < -0.39 is 0 Å². The van der Waals surface area contributed by atoms with Gasteiger partial charge in [0.05, 0.1) is 18.2 Å². The highest BCUT2D eigenvalue weighted by molar-refractivity contribution is 6.15. The van der Waals surface area contributed by atoms with Crippen LogP contribution in [0.4, 0.5) is 0 Å². The first-order valence-electron chi connectivity index (χ1n) is 10.8. The summed E-state index contributed by atoms with van der Waals surface area (Å²) in [7, 11) is 1.61. The van der Waals surface area contributed by atoms with E-state index in [1.165, 1.54) is 5.56 Å². The predicted octanol–water partition coefficient (Wildman–Crippen LogP) is 5.10. The number of para-hydroxylation sites is 1. The van der Waals surface area contributed by atoms with Crippen LogP contribution in [0.1, 0.15) is 33.5 Å². The molecule has 3 aromatic carbocycles. The SMILES string of the molecule is COc1ccccc1/C=C1\Oc2c(ccc3c2CN(CCCc2ccccc2)CO3)C1=O. The van der Waals surface area contributed by atoms with Gasteiger partial charge in [-0.15, -0.1) is 0 Å². The van der Waals surface area contributed by atoms with E-state index in [-0.39, 0.29) is 5.78 Å². The van der Waals surface area contributed by atoms with Gasteiger partial charge in [-0.2, -0.15) is 0 Å². The molecule has 0 saturated heterocycles. The van der Waals surface area contributed by atoms with Crippen LogP contribution in [0, 0.1) is 0 Å². The molecule has 0 saturated carbocycles. The first kappa shape index (κ1) is 20.3. The van der Waals surface area contributed by atoms with Gasteiger partial charge in [-0.05, 0) is 42.7 Å². The van der Waals surface area contributed by atoms with E-state index in [0.29, 0.717) is 36.1 Å². The van der Waals surface area contributed by atoms with Crippen LogP contribution in [-0.2, 0) is 13.0 Å². The zero-order chi connectivity index (χ0) is 21.9. The van der Waals surface area contributed by atoms with Crippen molar-refractivity contribution in [2.24, 2.45) is 0 Å². The van der Waals surface area contributed by atoms with Crippen molar-refractivity contribution in [3.05, 3.63) is 94.7 Å². The molecule has 32 heavy (non-hydrogen) atoms. The molecule has 2 aliphatic heterocycles. The van der Waals surface area contributed by atoms with Crippen molar-refractivity contribution in [1.82, 2.24) is 4.90 Å². The number of fused-ring (bicyclic) bond motifs is 3. The predicted molar refractivity (Wildman–Crippen MR) is 123 cm³/mol. The zero-order valence-corrected chi connectivity index (χ0v) is 18.0. The first-order chi connectivity index (χ1) is 15.7. The topological polar surface area (TPSA) is 48.0 Å². The fourth-order valence-corrected chi connectivity index (χ4v) is 4.23. The lowest BCUT2D eigenvalue weighted by Crippen LogP contribution is -2.33. The van der Waals surface area contributed by atoms with Crippen molar-refractivity contribution in [3.63, 3.8) is 0 Å². The number of Topliss-reactive ketones (excluding diaryl/α,β-unsaturated/α-hetero) is 1. The number of aryl methyl sites for hydroxylation is 1. The smallest absolute Gasteiger partial charge is 0.231 e. The van der Waals surface area contributed by atoms with E-state index in [2.05, 4.69) is 29.2 Å². The molecular weight excluding hydrogens is 402 g/mol. The molecule has 0 atom stereocenters. The van der Waals surface area contributed by atoms with Gasteiger partial charge in [0.2, 0.25) is 5.78 Å². The Bertz CT molecular complexity index is 1170. The molecule has 0 fully saturated rings. The molecule has 2 heterocycles. The van der Waals surface area contributed by atoms with E-state index in [4.69, 9.17) is 14.2 Å². The highest BCUT2D eigenvalue weighted by Gasteiger charge is 2.33. The summed E-state index contributed by atoms with van der Waals surface area (Å²) < 4.78 is 17.5. The number of ether oxygens (including phenoxy) is 3. The lowest BCUT2D eigenvalue weighted by atomic mass is 10.0. The maximum atomic E-state index is 13.0. The zero-order valence-electron chi connectivity index (χ0n) is 18.0. The Kier molecular flexibility index (Phi) is 5.65. The van der Waals surface area contributed by atoms with Gasteiger partial charge < -0.3 is 14.2 Å². The van der Waals surface area contributed by atoms with Crippen LogP contribution in [0.25, 0.3) is 6.08 Å². The van der Waals surface area contributed by atoms with Crippen molar-refractivity contribution < 1.29 is 19.0 Å².